The summed E-state index contributed by atoms with van der Waals surface area (Å²) in [5.41, 5.74) is 6.48. The first kappa shape index (κ1) is 22.2. The SMILES string of the molecule is N#CNC(N)=NCCOc1nc(N=NCc2ccc(Cl)cc2)cc(N2CCOCC2)n1. The molecule has 1 aliphatic rings. The molecule has 0 spiro atoms. The average molecular weight is 444 g/mol. The Balaban J connectivity index is 1.69. The molecule has 0 amide bonds. The van der Waals surface area contributed by atoms with E-state index >= 15 is 0 Å². The van der Waals surface area contributed by atoms with E-state index in [1.54, 1.807) is 24.4 Å². The number of ether oxygens (including phenoxy) is 2. The molecule has 0 radical (unpaired) electrons. The highest BCUT2D eigenvalue weighted by Gasteiger charge is 2.15. The summed E-state index contributed by atoms with van der Waals surface area (Å²) in [5, 5.41) is 19.9. The van der Waals surface area contributed by atoms with E-state index in [0.717, 1.165) is 5.56 Å². The third-order valence-corrected chi connectivity index (χ3v) is 4.39. The van der Waals surface area contributed by atoms with E-state index in [2.05, 4.69) is 35.4 Å². The minimum absolute atomic E-state index is 0.0192. The summed E-state index contributed by atoms with van der Waals surface area (Å²) in [6.45, 7) is 3.46. The van der Waals surface area contributed by atoms with Gasteiger partial charge in [-0.2, -0.15) is 20.3 Å². The van der Waals surface area contributed by atoms with Crippen LogP contribution >= 0.6 is 11.6 Å². The largest absolute Gasteiger partial charge is 0.461 e. The van der Waals surface area contributed by atoms with E-state index in [0.29, 0.717) is 49.5 Å². The number of benzene rings is 1. The lowest BCUT2D eigenvalue weighted by Crippen LogP contribution is -2.36. The molecule has 0 aliphatic carbocycles. The van der Waals surface area contributed by atoms with Gasteiger partial charge in [0.1, 0.15) is 12.4 Å². The lowest BCUT2D eigenvalue weighted by Gasteiger charge is -2.27. The normalized spacial score (nSPS) is 14.5. The van der Waals surface area contributed by atoms with E-state index in [1.807, 2.05) is 12.1 Å². The van der Waals surface area contributed by atoms with Crippen LogP contribution in [0.15, 0.2) is 45.6 Å². The molecule has 12 heteroatoms. The summed E-state index contributed by atoms with van der Waals surface area (Å²) < 4.78 is 11.0. The van der Waals surface area contributed by atoms with Crippen molar-refractivity contribution < 1.29 is 9.47 Å². The van der Waals surface area contributed by atoms with Crippen molar-refractivity contribution in [3.8, 4) is 12.2 Å². The molecule has 1 aliphatic heterocycles. The van der Waals surface area contributed by atoms with Crippen LogP contribution in [-0.2, 0) is 11.3 Å². The quantitative estimate of drug-likeness (QED) is 0.157. The summed E-state index contributed by atoms with van der Waals surface area (Å²) in [7, 11) is 0. The van der Waals surface area contributed by atoms with Crippen LogP contribution < -0.4 is 20.7 Å². The molecule has 1 fully saturated rings. The Kier molecular flexibility index (Phi) is 8.33. The molecule has 0 bridgehead atoms. The van der Waals surface area contributed by atoms with Crippen molar-refractivity contribution in [2.45, 2.75) is 6.54 Å². The number of azo groups is 1. The number of aliphatic imine (C=N–C) groups is 1. The van der Waals surface area contributed by atoms with Gasteiger partial charge in [-0.15, -0.1) is 5.11 Å². The highest BCUT2D eigenvalue weighted by atomic mass is 35.5. The zero-order chi connectivity index (χ0) is 21.9. The van der Waals surface area contributed by atoms with Crippen LogP contribution in [-0.4, -0.2) is 55.4 Å². The van der Waals surface area contributed by atoms with Gasteiger partial charge >= 0.3 is 6.01 Å². The van der Waals surface area contributed by atoms with Crippen molar-refractivity contribution in [2.75, 3.05) is 44.4 Å². The zero-order valence-electron chi connectivity index (χ0n) is 16.7. The van der Waals surface area contributed by atoms with Crippen LogP contribution in [0.1, 0.15) is 5.56 Å². The first-order chi connectivity index (χ1) is 15.1. The van der Waals surface area contributed by atoms with E-state index in [4.69, 9.17) is 32.1 Å². The molecule has 162 valence electrons. The zero-order valence-corrected chi connectivity index (χ0v) is 17.5. The predicted molar refractivity (Wildman–Crippen MR) is 115 cm³/mol. The number of nitrogens with zero attached hydrogens (tertiary/aromatic N) is 7. The topological polar surface area (TPSA) is 146 Å². The highest BCUT2D eigenvalue weighted by Crippen LogP contribution is 2.23. The summed E-state index contributed by atoms with van der Waals surface area (Å²) in [6, 6.07) is 9.31. The van der Waals surface area contributed by atoms with Crippen molar-refractivity contribution in [3.05, 3.63) is 40.9 Å². The Bertz CT molecular complexity index is 954. The third-order valence-electron chi connectivity index (χ3n) is 4.14. The smallest absolute Gasteiger partial charge is 0.320 e. The fourth-order valence-electron chi connectivity index (χ4n) is 2.65. The van der Waals surface area contributed by atoms with E-state index in [-0.39, 0.29) is 25.1 Å². The number of guanidine groups is 1. The molecule has 0 atom stereocenters. The van der Waals surface area contributed by atoms with Crippen LogP contribution in [0.25, 0.3) is 0 Å². The number of hydrogen-bond acceptors (Lipinski definition) is 9. The number of aromatic nitrogens is 2. The van der Waals surface area contributed by atoms with Gasteiger partial charge in [-0.05, 0) is 17.7 Å². The third kappa shape index (κ3) is 7.36. The van der Waals surface area contributed by atoms with Gasteiger partial charge in [0.15, 0.2) is 12.0 Å². The van der Waals surface area contributed by atoms with Crippen LogP contribution in [0.4, 0.5) is 11.6 Å². The first-order valence-corrected chi connectivity index (χ1v) is 9.93. The second kappa shape index (κ2) is 11.6. The second-order valence-corrected chi connectivity index (χ2v) is 6.78. The number of rotatable bonds is 8. The number of nitrogens with two attached hydrogens (primary N) is 1. The maximum Gasteiger partial charge on any atom is 0.320 e. The molecule has 2 aromatic rings. The van der Waals surface area contributed by atoms with Crippen LogP contribution in [0.5, 0.6) is 6.01 Å². The standard InChI is InChI=1S/C19H22ClN9O2/c20-15-3-1-14(2-4-15)12-25-28-16-11-17(29-6-9-30-10-7-29)27-19(26-16)31-8-5-23-18(22)24-13-21/h1-4,11H,5-10,12H2,(H3,22,23,24). The molecular weight excluding hydrogens is 422 g/mol. The number of hydrogen-bond donors (Lipinski definition) is 2. The lowest BCUT2D eigenvalue weighted by atomic mass is 10.2. The number of morpholine rings is 1. The molecule has 31 heavy (non-hydrogen) atoms. The molecule has 2 heterocycles. The van der Waals surface area contributed by atoms with Crippen molar-refractivity contribution in [1.82, 2.24) is 15.3 Å². The minimum Gasteiger partial charge on any atom is -0.461 e. The maximum atomic E-state index is 8.50. The molecule has 1 aromatic carbocycles. The van der Waals surface area contributed by atoms with Gasteiger partial charge in [0.25, 0.3) is 0 Å². The van der Waals surface area contributed by atoms with Crippen molar-refractivity contribution >= 4 is 29.2 Å². The highest BCUT2D eigenvalue weighted by molar-refractivity contribution is 6.30. The molecule has 0 saturated carbocycles. The van der Waals surface area contributed by atoms with Gasteiger partial charge in [0.2, 0.25) is 5.96 Å². The number of nitriles is 1. The molecule has 11 nitrogen and oxygen atoms in total. The molecular formula is C19H22ClN9O2. The fourth-order valence-corrected chi connectivity index (χ4v) is 2.78. The number of anilines is 1. The van der Waals surface area contributed by atoms with Crippen LogP contribution in [0.2, 0.25) is 5.02 Å². The second-order valence-electron chi connectivity index (χ2n) is 6.34. The van der Waals surface area contributed by atoms with Crippen LogP contribution in [0.3, 0.4) is 0 Å². The summed E-state index contributed by atoms with van der Waals surface area (Å²) in [5.74, 6) is 1.09. The Labute approximate surface area is 184 Å². The van der Waals surface area contributed by atoms with Crippen molar-refractivity contribution in [1.29, 1.82) is 5.26 Å². The molecule has 1 aromatic heterocycles. The van der Waals surface area contributed by atoms with E-state index < -0.39 is 0 Å². The first-order valence-electron chi connectivity index (χ1n) is 9.55. The van der Waals surface area contributed by atoms with Gasteiger partial charge in [0.05, 0.1) is 26.3 Å². The van der Waals surface area contributed by atoms with Gasteiger partial charge in [0, 0.05) is 24.2 Å². The summed E-state index contributed by atoms with van der Waals surface area (Å²) in [6.07, 6.45) is 1.70. The Hall–Kier alpha value is -3.49. The van der Waals surface area contributed by atoms with E-state index in [1.165, 1.54) is 0 Å². The number of nitrogens with one attached hydrogen (secondary N) is 1. The molecule has 3 N–H and O–H groups in total. The van der Waals surface area contributed by atoms with Crippen LogP contribution in [0, 0.1) is 11.5 Å². The van der Waals surface area contributed by atoms with Gasteiger partial charge in [-0.25, -0.2) is 4.99 Å². The summed E-state index contributed by atoms with van der Waals surface area (Å²) >= 11 is 5.90. The summed E-state index contributed by atoms with van der Waals surface area (Å²) in [4.78, 5) is 14.8. The van der Waals surface area contributed by atoms with Gasteiger partial charge in [-0.3, -0.25) is 5.32 Å². The monoisotopic (exact) mass is 443 g/mol. The van der Waals surface area contributed by atoms with Gasteiger partial charge in [-0.1, -0.05) is 23.7 Å². The minimum atomic E-state index is 0.0192. The maximum absolute atomic E-state index is 8.50. The Morgan fingerprint density at radius 2 is 2.06 bits per heavy atom. The Morgan fingerprint density at radius 1 is 1.29 bits per heavy atom. The molecule has 0 unspecified atom stereocenters. The average Bonchev–Trinajstić information content (AvgIpc) is 2.79. The van der Waals surface area contributed by atoms with Gasteiger partial charge < -0.3 is 20.1 Å². The molecule has 3 rings (SSSR count). The van der Waals surface area contributed by atoms with E-state index in [9.17, 15) is 0 Å². The Morgan fingerprint density at radius 3 is 2.81 bits per heavy atom. The lowest BCUT2D eigenvalue weighted by molar-refractivity contribution is 0.122. The fraction of sp³-hybridized carbons (Fsp3) is 0.368. The predicted octanol–water partition coefficient (Wildman–Crippen LogP) is 2.01. The van der Waals surface area contributed by atoms with Crippen molar-refractivity contribution in [3.63, 3.8) is 0 Å². The van der Waals surface area contributed by atoms with Crippen molar-refractivity contribution in [2.24, 2.45) is 21.0 Å². The number of halogens is 1. The molecule has 1 saturated heterocycles.